The van der Waals surface area contributed by atoms with E-state index in [0.717, 1.165) is 16.9 Å². The molecule has 3 rings (SSSR count). The number of H-pyrrole nitrogens is 1. The molecular weight excluding hydrogens is 320 g/mol. The van der Waals surface area contributed by atoms with Gasteiger partial charge >= 0.3 is 0 Å². The summed E-state index contributed by atoms with van der Waals surface area (Å²) in [6, 6.07) is 17.2. The van der Waals surface area contributed by atoms with Gasteiger partial charge in [0.2, 0.25) is 4.77 Å². The van der Waals surface area contributed by atoms with Crippen molar-refractivity contribution in [3.63, 3.8) is 0 Å². The van der Waals surface area contributed by atoms with E-state index in [1.807, 2.05) is 54.6 Å². The zero-order valence-electron chi connectivity index (χ0n) is 12.7. The number of aromatic amines is 1. The van der Waals surface area contributed by atoms with Gasteiger partial charge in [0, 0.05) is 5.56 Å². The molecule has 6 heteroatoms. The van der Waals surface area contributed by atoms with Gasteiger partial charge in [0.15, 0.2) is 5.82 Å². The zero-order valence-corrected chi connectivity index (χ0v) is 13.5. The Labute approximate surface area is 144 Å². The minimum Gasteiger partial charge on any atom is -0.481 e. The molecule has 0 unspecified atom stereocenters. The van der Waals surface area contributed by atoms with E-state index >= 15 is 0 Å². The molecule has 0 saturated carbocycles. The Balaban J connectivity index is 1.84. The second-order valence-corrected chi connectivity index (χ2v) is 5.22. The maximum absolute atomic E-state index is 5.34. The van der Waals surface area contributed by atoms with Crippen molar-refractivity contribution in [2.24, 2.45) is 5.10 Å². The number of aromatic nitrogens is 3. The van der Waals surface area contributed by atoms with Crippen LogP contribution < -0.4 is 4.74 Å². The van der Waals surface area contributed by atoms with Crippen LogP contribution in [-0.2, 0) is 0 Å². The van der Waals surface area contributed by atoms with Crippen LogP contribution in [0.3, 0.4) is 0 Å². The van der Waals surface area contributed by atoms with Crippen LogP contribution in [0, 0.1) is 17.1 Å². The number of ether oxygens (including phenoxy) is 1. The van der Waals surface area contributed by atoms with Crippen molar-refractivity contribution in [2.75, 3.05) is 6.61 Å². The molecule has 1 N–H and O–H groups in total. The molecule has 0 aliphatic carbocycles. The highest BCUT2D eigenvalue weighted by Gasteiger charge is 2.06. The van der Waals surface area contributed by atoms with Gasteiger partial charge in [-0.25, -0.2) is 5.10 Å². The quantitative estimate of drug-likeness (QED) is 0.441. The fourth-order valence-electron chi connectivity index (χ4n) is 2.07. The first-order chi connectivity index (χ1) is 11.8. The predicted octanol–water partition coefficient (Wildman–Crippen LogP) is 3.50. The molecule has 0 amide bonds. The average Bonchev–Trinajstić information content (AvgIpc) is 3.00. The third-order valence-electron chi connectivity index (χ3n) is 3.21. The summed E-state index contributed by atoms with van der Waals surface area (Å²) in [6.07, 6.45) is 6.88. The Kier molecular flexibility index (Phi) is 4.84. The summed E-state index contributed by atoms with van der Waals surface area (Å²) in [4.78, 5) is 0. The van der Waals surface area contributed by atoms with E-state index in [2.05, 4.69) is 21.2 Å². The monoisotopic (exact) mass is 334 g/mol. The first kappa shape index (κ1) is 15.7. The van der Waals surface area contributed by atoms with Crippen LogP contribution in [0.2, 0.25) is 0 Å². The molecule has 0 fully saturated rings. The molecular formula is C18H14N4OS. The van der Waals surface area contributed by atoms with Gasteiger partial charge < -0.3 is 4.74 Å². The van der Waals surface area contributed by atoms with Crippen molar-refractivity contribution >= 4 is 18.4 Å². The molecule has 0 atom stereocenters. The molecule has 0 radical (unpaired) electrons. The molecule has 1 aromatic heterocycles. The van der Waals surface area contributed by atoms with Crippen LogP contribution >= 0.6 is 12.2 Å². The standard InChI is InChI=1S/C18H14N4OS/c1-2-12-23-16-10-8-14(9-11-16)13-19-22-17(20-21-18(22)24)15-6-4-3-5-7-15/h1,3-11,13H,12H2,(H,21,24)/b19-13+. The van der Waals surface area contributed by atoms with E-state index in [1.165, 1.54) is 0 Å². The van der Waals surface area contributed by atoms with Crippen molar-refractivity contribution in [1.29, 1.82) is 0 Å². The van der Waals surface area contributed by atoms with Crippen LogP contribution in [0.25, 0.3) is 11.4 Å². The normalized spacial score (nSPS) is 10.6. The number of nitrogens with zero attached hydrogens (tertiary/aromatic N) is 3. The first-order valence-corrected chi connectivity index (χ1v) is 7.62. The lowest BCUT2D eigenvalue weighted by atomic mass is 10.2. The van der Waals surface area contributed by atoms with Crippen molar-refractivity contribution < 1.29 is 4.74 Å². The van der Waals surface area contributed by atoms with Gasteiger partial charge in [0.1, 0.15) is 12.4 Å². The van der Waals surface area contributed by atoms with Crippen molar-refractivity contribution in [3.8, 4) is 29.5 Å². The summed E-state index contributed by atoms with van der Waals surface area (Å²) in [7, 11) is 0. The summed E-state index contributed by atoms with van der Waals surface area (Å²) in [6.45, 7) is 0.248. The van der Waals surface area contributed by atoms with E-state index in [1.54, 1.807) is 10.9 Å². The van der Waals surface area contributed by atoms with Gasteiger partial charge in [-0.1, -0.05) is 36.3 Å². The van der Waals surface area contributed by atoms with Gasteiger partial charge in [-0.05, 0) is 42.0 Å². The van der Waals surface area contributed by atoms with Crippen LogP contribution in [-0.4, -0.2) is 27.7 Å². The fraction of sp³-hybridized carbons (Fsp3) is 0.0556. The number of nitrogens with one attached hydrogen (secondary N) is 1. The Hall–Kier alpha value is -3.17. The topological polar surface area (TPSA) is 55.2 Å². The van der Waals surface area contributed by atoms with Crippen LogP contribution in [0.5, 0.6) is 5.75 Å². The largest absolute Gasteiger partial charge is 0.481 e. The SMILES string of the molecule is C#CCOc1ccc(/C=N/n2c(-c3ccccc3)n[nH]c2=S)cc1. The molecule has 1 heterocycles. The number of hydrogen-bond donors (Lipinski definition) is 1. The number of benzene rings is 2. The fourth-order valence-corrected chi connectivity index (χ4v) is 2.25. The predicted molar refractivity (Wildman–Crippen MR) is 96.6 cm³/mol. The highest BCUT2D eigenvalue weighted by molar-refractivity contribution is 7.71. The van der Waals surface area contributed by atoms with Crippen molar-refractivity contribution in [1.82, 2.24) is 14.9 Å². The molecule has 24 heavy (non-hydrogen) atoms. The summed E-state index contributed by atoms with van der Waals surface area (Å²) < 4.78 is 7.36. The van der Waals surface area contributed by atoms with E-state index in [4.69, 9.17) is 23.4 Å². The lowest BCUT2D eigenvalue weighted by Gasteiger charge is -2.02. The van der Waals surface area contributed by atoms with E-state index < -0.39 is 0 Å². The molecule has 0 aliphatic rings. The van der Waals surface area contributed by atoms with Gasteiger partial charge in [0.05, 0.1) is 6.21 Å². The summed E-state index contributed by atoms with van der Waals surface area (Å²) in [5, 5.41) is 11.4. The van der Waals surface area contributed by atoms with Crippen molar-refractivity contribution in [3.05, 3.63) is 64.9 Å². The lowest BCUT2D eigenvalue weighted by Crippen LogP contribution is -1.96. The molecule has 2 aromatic carbocycles. The zero-order chi connectivity index (χ0) is 16.8. The highest BCUT2D eigenvalue weighted by Crippen LogP contribution is 2.16. The first-order valence-electron chi connectivity index (χ1n) is 7.21. The molecule has 0 bridgehead atoms. The van der Waals surface area contributed by atoms with E-state index in [9.17, 15) is 0 Å². The van der Waals surface area contributed by atoms with E-state index in [0.29, 0.717) is 10.6 Å². The maximum Gasteiger partial charge on any atom is 0.216 e. The lowest BCUT2D eigenvalue weighted by molar-refractivity contribution is 0.370. The highest BCUT2D eigenvalue weighted by atomic mass is 32.1. The van der Waals surface area contributed by atoms with Crippen LogP contribution in [0.4, 0.5) is 0 Å². The third-order valence-corrected chi connectivity index (χ3v) is 3.47. The smallest absolute Gasteiger partial charge is 0.216 e. The van der Waals surface area contributed by atoms with Crippen LogP contribution in [0.15, 0.2) is 59.7 Å². The Morgan fingerprint density at radius 2 is 1.96 bits per heavy atom. The molecule has 0 aliphatic heterocycles. The molecule has 0 spiro atoms. The van der Waals surface area contributed by atoms with E-state index in [-0.39, 0.29) is 6.61 Å². The number of hydrogen-bond acceptors (Lipinski definition) is 4. The average molecular weight is 334 g/mol. The van der Waals surface area contributed by atoms with Gasteiger partial charge in [-0.3, -0.25) is 0 Å². The van der Waals surface area contributed by atoms with Gasteiger partial charge in [0.25, 0.3) is 0 Å². The molecule has 5 nitrogen and oxygen atoms in total. The Morgan fingerprint density at radius 1 is 1.21 bits per heavy atom. The molecule has 0 saturated heterocycles. The number of terminal acetylenes is 1. The minimum absolute atomic E-state index is 0.248. The van der Waals surface area contributed by atoms with Crippen molar-refractivity contribution in [2.45, 2.75) is 0 Å². The second kappa shape index (κ2) is 7.40. The Bertz CT molecular complexity index is 934. The summed E-state index contributed by atoms with van der Waals surface area (Å²) in [5.41, 5.74) is 1.84. The molecule has 3 aromatic rings. The molecule has 118 valence electrons. The summed E-state index contributed by atoms with van der Waals surface area (Å²) >= 11 is 5.25. The summed E-state index contributed by atoms with van der Waals surface area (Å²) in [5.74, 6) is 3.80. The second-order valence-electron chi connectivity index (χ2n) is 4.84. The third kappa shape index (κ3) is 3.59. The Morgan fingerprint density at radius 3 is 2.67 bits per heavy atom. The van der Waals surface area contributed by atoms with Gasteiger partial charge in [-0.15, -0.1) is 6.42 Å². The van der Waals surface area contributed by atoms with Gasteiger partial charge in [-0.2, -0.15) is 14.9 Å². The maximum atomic E-state index is 5.34. The van der Waals surface area contributed by atoms with Crippen LogP contribution in [0.1, 0.15) is 5.56 Å². The number of rotatable bonds is 5. The minimum atomic E-state index is 0.248.